The fourth-order valence-corrected chi connectivity index (χ4v) is 3.30. The van der Waals surface area contributed by atoms with Gasteiger partial charge in [0.25, 0.3) is 0 Å². The third-order valence-corrected chi connectivity index (χ3v) is 4.84. The largest absolute Gasteiger partial charge is 0.399 e. The zero-order valence-corrected chi connectivity index (χ0v) is 15.0. The average Bonchev–Trinajstić information content (AvgIpc) is 3.06. The van der Waals surface area contributed by atoms with Crippen molar-refractivity contribution in [2.45, 2.75) is 38.8 Å². The van der Waals surface area contributed by atoms with Gasteiger partial charge in [0, 0.05) is 32.2 Å². The molecule has 1 aliphatic rings. The number of urea groups is 1. The van der Waals surface area contributed by atoms with E-state index < -0.39 is 5.54 Å². The Balaban J connectivity index is 2.35. The Hall–Kier alpha value is -2.57. The summed E-state index contributed by atoms with van der Waals surface area (Å²) >= 11 is 0. The van der Waals surface area contributed by atoms with Crippen LogP contribution in [0.2, 0.25) is 0 Å². The van der Waals surface area contributed by atoms with E-state index in [4.69, 9.17) is 5.73 Å². The van der Waals surface area contributed by atoms with Gasteiger partial charge in [0.1, 0.15) is 5.54 Å². The van der Waals surface area contributed by atoms with Crippen molar-refractivity contribution in [3.8, 4) is 0 Å². The fourth-order valence-electron chi connectivity index (χ4n) is 3.30. The van der Waals surface area contributed by atoms with Crippen molar-refractivity contribution in [1.82, 2.24) is 15.1 Å². The van der Waals surface area contributed by atoms with Crippen molar-refractivity contribution < 1.29 is 14.4 Å². The molecule has 0 bridgehead atoms. The van der Waals surface area contributed by atoms with Crippen LogP contribution in [0, 0.1) is 0 Å². The van der Waals surface area contributed by atoms with Crippen molar-refractivity contribution in [1.29, 1.82) is 0 Å². The first kappa shape index (κ1) is 18.8. The number of carbonyl (C=O) groups excluding carboxylic acids is 3. The van der Waals surface area contributed by atoms with Crippen LogP contribution >= 0.6 is 0 Å². The first-order valence-electron chi connectivity index (χ1n) is 8.46. The maximum absolute atomic E-state index is 12.7. The van der Waals surface area contributed by atoms with E-state index in [1.807, 2.05) is 12.1 Å². The molecule has 25 heavy (non-hydrogen) atoms. The van der Waals surface area contributed by atoms with Crippen molar-refractivity contribution in [2.75, 3.05) is 25.9 Å². The third-order valence-electron chi connectivity index (χ3n) is 4.84. The number of nitrogens with zero attached hydrogens (tertiary/aromatic N) is 2. The van der Waals surface area contributed by atoms with E-state index in [2.05, 4.69) is 5.32 Å². The molecule has 3 amide bonds. The summed E-state index contributed by atoms with van der Waals surface area (Å²) in [5, 5.41) is 2.58. The number of benzene rings is 1. The van der Waals surface area contributed by atoms with Gasteiger partial charge in [0.15, 0.2) is 5.78 Å². The Morgan fingerprint density at radius 2 is 1.92 bits per heavy atom. The minimum atomic E-state index is -0.985. The first-order valence-corrected chi connectivity index (χ1v) is 8.46. The summed E-state index contributed by atoms with van der Waals surface area (Å²) in [7, 11) is 1.55. The van der Waals surface area contributed by atoms with Gasteiger partial charge in [0.05, 0.1) is 6.54 Å². The van der Waals surface area contributed by atoms with Crippen molar-refractivity contribution >= 4 is 23.4 Å². The molecule has 3 N–H and O–H groups in total. The number of rotatable bonds is 5. The molecule has 1 aromatic rings. The van der Waals surface area contributed by atoms with E-state index in [1.54, 1.807) is 35.9 Å². The second kappa shape index (κ2) is 7.55. The predicted molar refractivity (Wildman–Crippen MR) is 95.8 cm³/mol. The average molecular weight is 346 g/mol. The maximum Gasteiger partial charge on any atom is 0.317 e. The number of carbonyl (C=O) groups is 3. The third kappa shape index (κ3) is 3.75. The van der Waals surface area contributed by atoms with Crippen LogP contribution in [0.3, 0.4) is 0 Å². The normalized spacial score (nSPS) is 19.6. The second-order valence-corrected chi connectivity index (χ2v) is 6.39. The van der Waals surface area contributed by atoms with Crippen LogP contribution in [0.1, 0.15) is 32.3 Å². The number of hydrogen-bond donors (Lipinski definition) is 2. The quantitative estimate of drug-likeness (QED) is 0.787. The molecule has 136 valence electrons. The summed E-state index contributed by atoms with van der Waals surface area (Å²) in [6.07, 6.45) is 0.737. The zero-order chi connectivity index (χ0) is 18.6. The lowest BCUT2D eigenvalue weighted by molar-refractivity contribution is -0.146. The molecule has 0 spiro atoms. The number of nitrogens with one attached hydrogen (secondary N) is 1. The number of nitrogens with two attached hydrogens (primary N) is 1. The Bertz CT molecular complexity index is 659. The molecule has 1 fully saturated rings. The molecule has 1 aliphatic heterocycles. The summed E-state index contributed by atoms with van der Waals surface area (Å²) in [4.78, 5) is 40.4. The molecule has 7 heteroatoms. The number of amides is 3. The van der Waals surface area contributed by atoms with E-state index in [-0.39, 0.29) is 24.3 Å². The van der Waals surface area contributed by atoms with Crippen LogP contribution in [0.25, 0.3) is 0 Å². The Kier molecular flexibility index (Phi) is 5.66. The summed E-state index contributed by atoms with van der Waals surface area (Å²) < 4.78 is 0. The van der Waals surface area contributed by atoms with E-state index >= 15 is 0 Å². The zero-order valence-electron chi connectivity index (χ0n) is 15.0. The molecular formula is C18H26N4O3. The fraction of sp³-hybridized carbons (Fsp3) is 0.500. The monoisotopic (exact) mass is 346 g/mol. The summed E-state index contributed by atoms with van der Waals surface area (Å²) in [6.45, 7) is 4.23. The van der Waals surface area contributed by atoms with Gasteiger partial charge in [-0.25, -0.2) is 4.79 Å². The smallest absolute Gasteiger partial charge is 0.317 e. The molecule has 0 aromatic heterocycles. The number of ketones is 1. The molecule has 0 unspecified atom stereocenters. The molecule has 7 nitrogen and oxygen atoms in total. The number of likely N-dealkylation sites (tertiary alicyclic amines) is 1. The highest BCUT2D eigenvalue weighted by Gasteiger charge is 2.49. The molecule has 0 aliphatic carbocycles. The Morgan fingerprint density at radius 3 is 2.44 bits per heavy atom. The standard InChI is InChI=1S/C18H26N4O3/c1-4-16(24)22(11-14-5-7-15(19)8-6-14)18(13(2)23)9-10-21(12-18)17(25)20-3/h5-8H,4,9-12,19H2,1-3H3,(H,20,25)/t18-/m1/s1. The van der Waals surface area contributed by atoms with Gasteiger partial charge in [-0.15, -0.1) is 0 Å². The number of nitrogen functional groups attached to an aromatic ring is 1. The van der Waals surface area contributed by atoms with Gasteiger partial charge < -0.3 is 20.9 Å². The van der Waals surface area contributed by atoms with Gasteiger partial charge in [-0.2, -0.15) is 0 Å². The summed E-state index contributed by atoms with van der Waals surface area (Å²) in [5.74, 6) is -0.207. The van der Waals surface area contributed by atoms with E-state index in [1.165, 1.54) is 6.92 Å². The minimum Gasteiger partial charge on any atom is -0.399 e. The summed E-state index contributed by atoms with van der Waals surface area (Å²) in [6, 6.07) is 7.01. The molecule has 1 atom stereocenters. The van der Waals surface area contributed by atoms with Gasteiger partial charge in [0.2, 0.25) is 5.91 Å². The van der Waals surface area contributed by atoms with Gasteiger partial charge >= 0.3 is 6.03 Å². The lowest BCUT2D eigenvalue weighted by atomic mass is 9.90. The predicted octanol–water partition coefficient (Wildman–Crippen LogP) is 1.38. The Morgan fingerprint density at radius 1 is 1.28 bits per heavy atom. The molecule has 2 rings (SSSR count). The molecule has 1 aromatic carbocycles. The maximum atomic E-state index is 12.7. The SMILES string of the molecule is CCC(=O)N(Cc1ccc(N)cc1)[C@]1(C(C)=O)CCN(C(=O)NC)C1. The molecule has 1 saturated heterocycles. The van der Waals surface area contributed by atoms with E-state index in [9.17, 15) is 14.4 Å². The van der Waals surface area contributed by atoms with E-state index in [0.717, 1.165) is 5.56 Å². The highest BCUT2D eigenvalue weighted by Crippen LogP contribution is 2.31. The van der Waals surface area contributed by atoms with Crippen molar-refractivity contribution in [3.63, 3.8) is 0 Å². The van der Waals surface area contributed by atoms with Gasteiger partial charge in [-0.05, 0) is 31.0 Å². The second-order valence-electron chi connectivity index (χ2n) is 6.39. The molecule has 1 heterocycles. The van der Waals surface area contributed by atoms with Crippen LogP contribution in [-0.2, 0) is 16.1 Å². The number of Topliss-reactive ketones (excluding diaryl/α,β-unsaturated/α-hetero) is 1. The van der Waals surface area contributed by atoms with Crippen molar-refractivity contribution in [3.05, 3.63) is 29.8 Å². The lowest BCUT2D eigenvalue weighted by Crippen LogP contribution is -2.58. The summed E-state index contributed by atoms with van der Waals surface area (Å²) in [5.41, 5.74) is 6.28. The van der Waals surface area contributed by atoms with Crippen LogP contribution in [0.15, 0.2) is 24.3 Å². The minimum absolute atomic E-state index is 0.101. The molecule has 0 radical (unpaired) electrons. The number of anilines is 1. The van der Waals surface area contributed by atoms with Gasteiger partial charge in [-0.1, -0.05) is 19.1 Å². The van der Waals surface area contributed by atoms with Crippen LogP contribution in [-0.4, -0.2) is 53.2 Å². The number of hydrogen-bond acceptors (Lipinski definition) is 4. The van der Waals surface area contributed by atoms with Crippen LogP contribution in [0.5, 0.6) is 0 Å². The van der Waals surface area contributed by atoms with Crippen LogP contribution < -0.4 is 11.1 Å². The van der Waals surface area contributed by atoms with E-state index in [0.29, 0.717) is 31.6 Å². The molecular weight excluding hydrogens is 320 g/mol. The Labute approximate surface area is 148 Å². The highest BCUT2D eigenvalue weighted by molar-refractivity contribution is 5.93. The topological polar surface area (TPSA) is 95.7 Å². The van der Waals surface area contributed by atoms with Crippen molar-refractivity contribution in [2.24, 2.45) is 0 Å². The van der Waals surface area contributed by atoms with Crippen LogP contribution in [0.4, 0.5) is 10.5 Å². The molecule has 0 saturated carbocycles. The lowest BCUT2D eigenvalue weighted by Gasteiger charge is -2.39. The first-order chi connectivity index (χ1) is 11.8. The highest BCUT2D eigenvalue weighted by atomic mass is 16.2. The van der Waals surface area contributed by atoms with Gasteiger partial charge in [-0.3, -0.25) is 9.59 Å².